The van der Waals surface area contributed by atoms with Crippen LogP contribution in [0.3, 0.4) is 0 Å². The monoisotopic (exact) mass is 305 g/mol. The lowest BCUT2D eigenvalue weighted by Gasteiger charge is -2.13. The zero-order valence-electron chi connectivity index (χ0n) is 12.1. The van der Waals surface area contributed by atoms with E-state index in [1.807, 2.05) is 0 Å². The topological polar surface area (TPSA) is 49.3 Å². The van der Waals surface area contributed by atoms with Gasteiger partial charge in [0.25, 0.3) is 0 Å². The molecule has 0 fully saturated rings. The van der Waals surface area contributed by atoms with E-state index in [2.05, 4.69) is 5.32 Å². The van der Waals surface area contributed by atoms with Crippen molar-refractivity contribution in [3.05, 3.63) is 70.8 Å². The van der Waals surface area contributed by atoms with Gasteiger partial charge in [-0.05, 0) is 36.2 Å². The Labute approximate surface area is 127 Å². The van der Waals surface area contributed by atoms with E-state index in [0.29, 0.717) is 11.1 Å². The summed E-state index contributed by atoms with van der Waals surface area (Å²) in [6.07, 6.45) is 0. The average Bonchev–Trinajstić information content (AvgIpc) is 2.53. The molecule has 0 aromatic heterocycles. The number of halogens is 2. The molecule has 1 amide bonds. The van der Waals surface area contributed by atoms with E-state index in [1.165, 1.54) is 24.3 Å². The van der Waals surface area contributed by atoms with Gasteiger partial charge in [-0.15, -0.1) is 0 Å². The number of nitrogens with one attached hydrogen (secondary N) is 1. The fourth-order valence-corrected chi connectivity index (χ4v) is 2.17. The van der Waals surface area contributed by atoms with Crippen LogP contribution in [0.2, 0.25) is 0 Å². The number of aliphatic hydroxyl groups is 1. The van der Waals surface area contributed by atoms with Crippen molar-refractivity contribution in [1.29, 1.82) is 0 Å². The summed E-state index contributed by atoms with van der Waals surface area (Å²) in [5.74, 6) is -1.86. The third-order valence-corrected chi connectivity index (χ3v) is 3.51. The van der Waals surface area contributed by atoms with E-state index < -0.39 is 24.2 Å². The van der Waals surface area contributed by atoms with Gasteiger partial charge in [0.2, 0.25) is 5.91 Å². The number of hydrogen-bond donors (Lipinski definition) is 2. The van der Waals surface area contributed by atoms with Crippen molar-refractivity contribution in [3.63, 3.8) is 0 Å². The fraction of sp³-hybridized carbons (Fsp3) is 0.235. The van der Waals surface area contributed by atoms with E-state index in [0.717, 1.165) is 0 Å². The minimum Gasteiger partial charge on any atom is -0.392 e. The Balaban J connectivity index is 2.02. The number of aliphatic hydroxyl groups excluding tert-OH is 1. The molecule has 0 saturated carbocycles. The van der Waals surface area contributed by atoms with Crippen molar-refractivity contribution in [2.45, 2.75) is 26.0 Å². The summed E-state index contributed by atoms with van der Waals surface area (Å²) in [5, 5.41) is 11.7. The maximum absolute atomic E-state index is 13.7. The predicted octanol–water partition coefficient (Wildman–Crippen LogP) is 2.88. The molecule has 0 saturated heterocycles. The standard InChI is InChI=1S/C17H17F2NO2/c1-11(14-4-2-3-5-16(14)19)17(22)20-9-12-6-7-15(18)13(8-12)10-21/h2-8,11,21H,9-10H2,1H3,(H,20,22). The molecule has 1 atom stereocenters. The first-order valence-electron chi connectivity index (χ1n) is 6.93. The van der Waals surface area contributed by atoms with Gasteiger partial charge in [-0.3, -0.25) is 4.79 Å². The lowest BCUT2D eigenvalue weighted by Crippen LogP contribution is -2.28. The van der Waals surface area contributed by atoms with Crippen LogP contribution in [0.1, 0.15) is 29.5 Å². The third-order valence-electron chi connectivity index (χ3n) is 3.51. The normalized spacial score (nSPS) is 12.0. The van der Waals surface area contributed by atoms with Crippen molar-refractivity contribution in [1.82, 2.24) is 5.32 Å². The van der Waals surface area contributed by atoms with E-state index in [9.17, 15) is 13.6 Å². The Morgan fingerprint density at radius 3 is 2.59 bits per heavy atom. The molecule has 2 rings (SSSR count). The minimum absolute atomic E-state index is 0.175. The molecule has 0 aliphatic rings. The molecule has 0 heterocycles. The molecule has 5 heteroatoms. The largest absolute Gasteiger partial charge is 0.392 e. The molecule has 116 valence electrons. The van der Waals surface area contributed by atoms with Crippen LogP contribution in [0, 0.1) is 11.6 Å². The Hall–Kier alpha value is -2.27. The van der Waals surface area contributed by atoms with E-state index in [4.69, 9.17) is 5.11 Å². The van der Waals surface area contributed by atoms with E-state index in [-0.39, 0.29) is 18.0 Å². The highest BCUT2D eigenvalue weighted by atomic mass is 19.1. The fourth-order valence-electron chi connectivity index (χ4n) is 2.17. The molecule has 2 aromatic rings. The lowest BCUT2D eigenvalue weighted by atomic mass is 9.99. The molecule has 0 aliphatic carbocycles. The molecule has 0 aliphatic heterocycles. The number of benzene rings is 2. The van der Waals surface area contributed by atoms with Crippen LogP contribution in [-0.2, 0) is 17.9 Å². The molecule has 3 nitrogen and oxygen atoms in total. The van der Waals surface area contributed by atoms with Gasteiger partial charge < -0.3 is 10.4 Å². The molecular formula is C17H17F2NO2. The van der Waals surface area contributed by atoms with Crippen molar-refractivity contribution >= 4 is 5.91 Å². The first-order chi connectivity index (χ1) is 10.5. The van der Waals surface area contributed by atoms with Crippen LogP contribution in [0.4, 0.5) is 8.78 Å². The van der Waals surface area contributed by atoms with Gasteiger partial charge in [0.05, 0.1) is 12.5 Å². The van der Waals surface area contributed by atoms with Gasteiger partial charge in [0, 0.05) is 12.1 Å². The first kappa shape index (κ1) is 16.1. The maximum atomic E-state index is 13.7. The number of hydrogen-bond acceptors (Lipinski definition) is 2. The zero-order chi connectivity index (χ0) is 16.1. The Bertz CT molecular complexity index is 673. The second-order valence-electron chi connectivity index (χ2n) is 5.04. The summed E-state index contributed by atoms with van der Waals surface area (Å²) in [6, 6.07) is 10.4. The van der Waals surface area contributed by atoms with Crippen molar-refractivity contribution in [3.8, 4) is 0 Å². The second-order valence-corrected chi connectivity index (χ2v) is 5.04. The molecule has 0 bridgehead atoms. The van der Waals surface area contributed by atoms with Gasteiger partial charge >= 0.3 is 0 Å². The van der Waals surface area contributed by atoms with Crippen LogP contribution >= 0.6 is 0 Å². The predicted molar refractivity (Wildman–Crippen MR) is 79.0 cm³/mol. The summed E-state index contributed by atoms with van der Waals surface area (Å²) >= 11 is 0. The smallest absolute Gasteiger partial charge is 0.227 e. The number of rotatable bonds is 5. The van der Waals surface area contributed by atoms with E-state index in [1.54, 1.807) is 25.1 Å². The summed E-state index contributed by atoms with van der Waals surface area (Å²) in [4.78, 5) is 12.1. The first-order valence-corrected chi connectivity index (χ1v) is 6.93. The molecule has 0 radical (unpaired) electrons. The number of carbonyl (C=O) groups is 1. The van der Waals surface area contributed by atoms with Crippen LogP contribution in [0.5, 0.6) is 0 Å². The highest BCUT2D eigenvalue weighted by molar-refractivity contribution is 5.83. The van der Waals surface area contributed by atoms with E-state index >= 15 is 0 Å². The summed E-state index contributed by atoms with van der Waals surface area (Å²) in [6.45, 7) is 1.40. The Kier molecular flexibility index (Phi) is 5.22. The molecule has 22 heavy (non-hydrogen) atoms. The van der Waals surface area contributed by atoms with Gasteiger partial charge in [-0.2, -0.15) is 0 Å². The highest BCUT2D eigenvalue weighted by Gasteiger charge is 2.18. The Morgan fingerprint density at radius 1 is 1.18 bits per heavy atom. The molecule has 2 aromatic carbocycles. The molecular weight excluding hydrogens is 288 g/mol. The van der Waals surface area contributed by atoms with Gasteiger partial charge in [-0.1, -0.05) is 24.3 Å². The molecule has 0 spiro atoms. The Morgan fingerprint density at radius 2 is 1.91 bits per heavy atom. The minimum atomic E-state index is -0.626. The quantitative estimate of drug-likeness (QED) is 0.892. The summed E-state index contributed by atoms with van der Waals surface area (Å²) < 4.78 is 26.9. The summed E-state index contributed by atoms with van der Waals surface area (Å²) in [7, 11) is 0. The van der Waals surface area contributed by atoms with Gasteiger partial charge in [0.15, 0.2) is 0 Å². The number of carbonyl (C=O) groups excluding carboxylic acids is 1. The SMILES string of the molecule is CC(C(=O)NCc1ccc(F)c(CO)c1)c1ccccc1F. The van der Waals surface area contributed by atoms with Crippen LogP contribution in [0.25, 0.3) is 0 Å². The van der Waals surface area contributed by atoms with Gasteiger partial charge in [-0.25, -0.2) is 8.78 Å². The van der Waals surface area contributed by atoms with Crippen LogP contribution in [0.15, 0.2) is 42.5 Å². The maximum Gasteiger partial charge on any atom is 0.227 e. The lowest BCUT2D eigenvalue weighted by molar-refractivity contribution is -0.122. The molecule has 1 unspecified atom stereocenters. The van der Waals surface area contributed by atoms with Crippen LogP contribution < -0.4 is 5.32 Å². The van der Waals surface area contributed by atoms with Crippen LogP contribution in [-0.4, -0.2) is 11.0 Å². The van der Waals surface area contributed by atoms with Crippen molar-refractivity contribution in [2.75, 3.05) is 0 Å². The van der Waals surface area contributed by atoms with Gasteiger partial charge in [0.1, 0.15) is 11.6 Å². The second kappa shape index (κ2) is 7.13. The third kappa shape index (κ3) is 3.68. The highest BCUT2D eigenvalue weighted by Crippen LogP contribution is 2.19. The summed E-state index contributed by atoms with van der Waals surface area (Å²) in [5.41, 5.74) is 1.17. The van der Waals surface area contributed by atoms with Crippen molar-refractivity contribution in [2.24, 2.45) is 0 Å². The molecule has 2 N–H and O–H groups in total. The zero-order valence-corrected chi connectivity index (χ0v) is 12.1. The average molecular weight is 305 g/mol. The number of amides is 1. The van der Waals surface area contributed by atoms with Crippen molar-refractivity contribution < 1.29 is 18.7 Å².